The van der Waals surface area contributed by atoms with Gasteiger partial charge in [0.2, 0.25) is 0 Å². The van der Waals surface area contributed by atoms with E-state index < -0.39 is 0 Å². The van der Waals surface area contributed by atoms with Crippen molar-refractivity contribution in [3.63, 3.8) is 0 Å². The molecule has 7 nitrogen and oxygen atoms in total. The minimum Gasteiger partial charge on any atom is -0.302 e. The normalized spacial score (nSPS) is 11.6. The van der Waals surface area contributed by atoms with Gasteiger partial charge in [-0.15, -0.1) is 5.10 Å². The fraction of sp³-hybridized carbons (Fsp3) is 0.391. The van der Waals surface area contributed by atoms with Crippen LogP contribution in [0.2, 0.25) is 0 Å². The molecule has 0 unspecified atom stereocenters. The molecule has 162 valence electrons. The van der Waals surface area contributed by atoms with E-state index in [4.69, 9.17) is 4.98 Å². The number of likely N-dealkylation sites (N-methyl/N-ethyl adjacent to an activating group) is 1. The number of carbonyl (C=O) groups excluding carboxylic acids is 1. The van der Waals surface area contributed by atoms with Crippen LogP contribution in [0, 0.1) is 13.8 Å². The number of fused-ring (bicyclic) bond motifs is 2. The van der Waals surface area contributed by atoms with Crippen molar-refractivity contribution in [3.05, 3.63) is 47.5 Å². The Morgan fingerprint density at radius 1 is 1.06 bits per heavy atom. The lowest BCUT2D eigenvalue weighted by molar-refractivity contribution is -0.119. The molecule has 0 fully saturated rings. The van der Waals surface area contributed by atoms with E-state index in [1.807, 2.05) is 29.2 Å². The van der Waals surface area contributed by atoms with E-state index in [0.29, 0.717) is 6.54 Å². The monoisotopic (exact) mass is 436 g/mol. The number of hydrogen-bond acceptors (Lipinski definition) is 6. The molecule has 1 amide bonds. The second-order valence-corrected chi connectivity index (χ2v) is 8.71. The van der Waals surface area contributed by atoms with E-state index >= 15 is 0 Å². The number of aryl methyl sites for hydroxylation is 2. The third-order valence-electron chi connectivity index (χ3n) is 5.58. The highest BCUT2D eigenvalue weighted by atomic mass is 32.1. The van der Waals surface area contributed by atoms with Crippen LogP contribution in [-0.4, -0.2) is 57.0 Å². The van der Waals surface area contributed by atoms with Crippen molar-refractivity contribution in [2.24, 2.45) is 0 Å². The first-order valence-corrected chi connectivity index (χ1v) is 11.5. The molecule has 0 atom stereocenters. The molecule has 0 N–H and O–H groups in total. The fourth-order valence-electron chi connectivity index (χ4n) is 3.84. The van der Waals surface area contributed by atoms with Gasteiger partial charge in [0.1, 0.15) is 12.1 Å². The van der Waals surface area contributed by atoms with Crippen molar-refractivity contribution in [2.75, 3.05) is 31.1 Å². The molecule has 8 heteroatoms. The predicted octanol–water partition coefficient (Wildman–Crippen LogP) is 4.03. The summed E-state index contributed by atoms with van der Waals surface area (Å²) in [4.78, 5) is 22.4. The first-order valence-electron chi connectivity index (χ1n) is 10.7. The van der Waals surface area contributed by atoms with Crippen molar-refractivity contribution in [2.45, 2.75) is 34.2 Å². The number of anilines is 1. The van der Waals surface area contributed by atoms with E-state index in [-0.39, 0.29) is 12.5 Å². The Morgan fingerprint density at radius 2 is 1.84 bits per heavy atom. The lowest BCUT2D eigenvalue weighted by Crippen LogP contribution is -2.40. The van der Waals surface area contributed by atoms with Crippen molar-refractivity contribution in [1.29, 1.82) is 0 Å². The van der Waals surface area contributed by atoms with Crippen LogP contribution >= 0.6 is 11.3 Å². The van der Waals surface area contributed by atoms with Gasteiger partial charge in [0, 0.05) is 13.1 Å². The number of amides is 1. The van der Waals surface area contributed by atoms with Crippen molar-refractivity contribution >= 4 is 43.6 Å². The van der Waals surface area contributed by atoms with Crippen LogP contribution in [0.15, 0.2) is 36.4 Å². The van der Waals surface area contributed by atoms with E-state index in [0.717, 1.165) is 46.0 Å². The van der Waals surface area contributed by atoms with Crippen LogP contribution < -0.4 is 4.90 Å². The molecule has 0 radical (unpaired) electrons. The summed E-state index contributed by atoms with van der Waals surface area (Å²) in [6.07, 6.45) is 0. The molecular weight excluding hydrogens is 408 g/mol. The average molecular weight is 437 g/mol. The van der Waals surface area contributed by atoms with Crippen LogP contribution in [0.4, 0.5) is 5.13 Å². The molecule has 0 aliphatic carbocycles. The van der Waals surface area contributed by atoms with E-state index in [1.165, 1.54) is 11.1 Å². The Bertz CT molecular complexity index is 1210. The minimum absolute atomic E-state index is 0.0313. The van der Waals surface area contributed by atoms with Gasteiger partial charge in [0.15, 0.2) is 5.13 Å². The van der Waals surface area contributed by atoms with Gasteiger partial charge in [0.05, 0.1) is 15.7 Å². The Balaban J connectivity index is 1.66. The molecule has 31 heavy (non-hydrogen) atoms. The summed E-state index contributed by atoms with van der Waals surface area (Å²) in [5.41, 5.74) is 4.96. The van der Waals surface area contributed by atoms with Gasteiger partial charge < -0.3 is 4.90 Å². The van der Waals surface area contributed by atoms with Gasteiger partial charge in [-0.05, 0) is 56.3 Å². The molecule has 0 spiro atoms. The van der Waals surface area contributed by atoms with E-state index in [1.54, 1.807) is 16.0 Å². The maximum absolute atomic E-state index is 13.5. The van der Waals surface area contributed by atoms with Crippen LogP contribution in [0.25, 0.3) is 21.3 Å². The highest BCUT2D eigenvalue weighted by Crippen LogP contribution is 2.32. The smallest absolute Gasteiger partial charge is 0.250 e. The van der Waals surface area contributed by atoms with Gasteiger partial charge in [-0.3, -0.25) is 9.69 Å². The van der Waals surface area contributed by atoms with Gasteiger partial charge in [-0.1, -0.05) is 48.6 Å². The number of aromatic nitrogens is 4. The fourth-order valence-corrected chi connectivity index (χ4v) is 4.90. The zero-order valence-electron chi connectivity index (χ0n) is 18.5. The zero-order valence-corrected chi connectivity index (χ0v) is 19.3. The molecule has 2 heterocycles. The molecule has 0 bridgehead atoms. The average Bonchev–Trinajstić information content (AvgIpc) is 3.36. The van der Waals surface area contributed by atoms with E-state index in [9.17, 15) is 4.79 Å². The Hall–Kier alpha value is -2.84. The zero-order chi connectivity index (χ0) is 22.0. The third kappa shape index (κ3) is 4.45. The molecule has 0 saturated heterocycles. The summed E-state index contributed by atoms with van der Waals surface area (Å²) in [6, 6.07) is 11.9. The lowest BCUT2D eigenvalue weighted by Gasteiger charge is -2.24. The summed E-state index contributed by atoms with van der Waals surface area (Å²) < 4.78 is 2.80. The van der Waals surface area contributed by atoms with Gasteiger partial charge in [0.25, 0.3) is 5.91 Å². The summed E-state index contributed by atoms with van der Waals surface area (Å²) in [7, 11) is 0. The highest BCUT2D eigenvalue weighted by Gasteiger charge is 2.22. The molecule has 2 aromatic heterocycles. The maximum atomic E-state index is 13.5. The summed E-state index contributed by atoms with van der Waals surface area (Å²) >= 11 is 1.58. The van der Waals surface area contributed by atoms with Crippen molar-refractivity contribution < 1.29 is 4.79 Å². The summed E-state index contributed by atoms with van der Waals surface area (Å²) in [6.45, 7) is 11.9. The molecule has 0 aliphatic heterocycles. The number of para-hydroxylation sites is 1. The Morgan fingerprint density at radius 3 is 2.61 bits per heavy atom. The van der Waals surface area contributed by atoms with Gasteiger partial charge in [-0.2, -0.15) is 0 Å². The van der Waals surface area contributed by atoms with Crippen molar-refractivity contribution in [3.8, 4) is 0 Å². The standard InChI is InChI=1S/C23H28N6OS/c1-5-27(6-2)11-12-28(23-24-19-14-16(3)13-17(4)22(19)31-23)21(30)15-29-20-10-8-7-9-18(20)25-26-29/h7-10,13-14H,5-6,11-12,15H2,1-4H3. The van der Waals surface area contributed by atoms with Crippen LogP contribution in [0.1, 0.15) is 25.0 Å². The van der Waals surface area contributed by atoms with Crippen LogP contribution in [0.3, 0.4) is 0 Å². The molecule has 4 rings (SSSR count). The minimum atomic E-state index is -0.0313. The van der Waals surface area contributed by atoms with Crippen molar-refractivity contribution in [1.82, 2.24) is 24.9 Å². The maximum Gasteiger partial charge on any atom is 0.250 e. The summed E-state index contributed by atoms with van der Waals surface area (Å²) in [5.74, 6) is -0.0313. The lowest BCUT2D eigenvalue weighted by atomic mass is 10.1. The molecule has 0 saturated carbocycles. The number of thiazole rings is 1. The second kappa shape index (κ2) is 9.11. The molecule has 4 aromatic rings. The highest BCUT2D eigenvalue weighted by molar-refractivity contribution is 7.22. The molecule has 2 aromatic carbocycles. The first-order chi connectivity index (χ1) is 15.0. The first kappa shape index (κ1) is 21.4. The summed E-state index contributed by atoms with van der Waals surface area (Å²) in [5, 5.41) is 9.12. The number of rotatable bonds is 8. The van der Waals surface area contributed by atoms with Gasteiger partial charge >= 0.3 is 0 Å². The van der Waals surface area contributed by atoms with E-state index in [2.05, 4.69) is 55.0 Å². The van der Waals surface area contributed by atoms with Gasteiger partial charge in [-0.25, -0.2) is 9.67 Å². The topological polar surface area (TPSA) is 67.2 Å². The third-order valence-corrected chi connectivity index (χ3v) is 6.81. The Kier molecular flexibility index (Phi) is 6.29. The SMILES string of the molecule is CCN(CC)CCN(C(=O)Cn1nnc2ccccc21)c1nc2cc(C)cc(C)c2s1. The number of benzene rings is 2. The predicted molar refractivity (Wildman–Crippen MR) is 127 cm³/mol. The Labute approximate surface area is 186 Å². The number of carbonyl (C=O) groups is 1. The van der Waals surface area contributed by atoms with Crippen LogP contribution in [0.5, 0.6) is 0 Å². The largest absolute Gasteiger partial charge is 0.302 e. The van der Waals surface area contributed by atoms with Crippen LogP contribution in [-0.2, 0) is 11.3 Å². The molecule has 0 aliphatic rings. The second-order valence-electron chi connectivity index (χ2n) is 7.73. The number of nitrogens with zero attached hydrogens (tertiary/aromatic N) is 6. The quantitative estimate of drug-likeness (QED) is 0.417. The number of hydrogen-bond donors (Lipinski definition) is 0. The molecular formula is C23H28N6OS.